The number of Topliss-reactive ketones (excluding diaryl/α,β-unsaturated/α-hetero) is 1. The molecule has 3 aromatic carbocycles. The number of nitrogens with two attached hydrogens (primary N) is 1. The average Bonchev–Trinajstić information content (AvgIpc) is 3.41. The van der Waals surface area contributed by atoms with E-state index >= 15 is 0 Å². The van der Waals surface area contributed by atoms with Crippen LogP contribution < -0.4 is 47.2 Å². The van der Waals surface area contributed by atoms with Gasteiger partial charge in [0.15, 0.2) is 5.78 Å². The molecule has 2 unspecified atom stereocenters. The highest BCUT2D eigenvalue weighted by Crippen LogP contribution is 2.23. The van der Waals surface area contributed by atoms with Crippen molar-refractivity contribution in [1.82, 2.24) is 31.9 Å². The first-order valence-electron chi connectivity index (χ1n) is 25.9. The van der Waals surface area contributed by atoms with Crippen molar-refractivity contribution in [3.05, 3.63) is 89.5 Å². The Morgan fingerprint density at radius 2 is 0.925 bits per heavy atom. The summed E-state index contributed by atoms with van der Waals surface area (Å²) in [7, 11) is 0. The van der Waals surface area contributed by atoms with Crippen LogP contribution >= 0.6 is 12.0 Å². The van der Waals surface area contributed by atoms with E-state index in [9.17, 15) is 51.1 Å². The molecular weight excluding hydrogens is 1100 g/mol. The summed E-state index contributed by atoms with van der Waals surface area (Å²) < 4.78 is 70.4. The summed E-state index contributed by atoms with van der Waals surface area (Å²) in [5, 5.41) is 16.9. The molecule has 0 radical (unpaired) electrons. The lowest BCUT2D eigenvalue weighted by Gasteiger charge is -2.34. The molecule has 0 saturated carbocycles. The number of hydrogen-bond donors (Lipinski definition) is 9. The second-order valence-electron chi connectivity index (χ2n) is 19.4. The number of hydrogen-bond acceptors (Lipinski definition) is 18. The van der Waals surface area contributed by atoms with E-state index in [4.69, 9.17) is 20.1 Å². The maximum absolute atomic E-state index is 13.6. The van der Waals surface area contributed by atoms with Crippen LogP contribution in [0.4, 0.5) is 11.4 Å². The van der Waals surface area contributed by atoms with Gasteiger partial charge in [0.1, 0.15) is 5.54 Å². The van der Waals surface area contributed by atoms with Gasteiger partial charge in [-0.2, -0.15) is 5.90 Å². The van der Waals surface area contributed by atoms with Gasteiger partial charge in [0.2, 0.25) is 23.6 Å². The van der Waals surface area contributed by atoms with Gasteiger partial charge < -0.3 is 64.7 Å². The molecule has 0 fully saturated rings. The average molecular weight is 1180 g/mol. The number of rotatable bonds is 42. The lowest BCUT2D eigenvalue weighted by atomic mass is 9.90. The van der Waals surface area contributed by atoms with E-state index in [0.717, 1.165) is 18.5 Å². The first kappa shape index (κ1) is 68.4. The minimum absolute atomic E-state index is 0.0237. The molecule has 80 heavy (non-hydrogen) atoms. The second kappa shape index (κ2) is 38.7. The molecule has 0 aliphatic carbocycles. The van der Waals surface area contributed by atoms with Crippen LogP contribution in [0.5, 0.6) is 0 Å². The molecule has 0 aromatic heterocycles. The number of amides is 6. The summed E-state index contributed by atoms with van der Waals surface area (Å²) >= 11 is -4.09. The van der Waals surface area contributed by atoms with Gasteiger partial charge in [-0.3, -0.25) is 42.0 Å². The topological polar surface area (TPSA) is 368 Å². The predicted octanol–water partition coefficient (Wildman–Crippen LogP) is 3.56. The van der Waals surface area contributed by atoms with Crippen LogP contribution in [0.15, 0.2) is 77.7 Å². The fourth-order valence-electron chi connectivity index (χ4n) is 7.28. The summed E-state index contributed by atoms with van der Waals surface area (Å²) in [6.07, 6.45) is 3.60. The molecule has 3 rings (SSSR count). The highest BCUT2D eigenvalue weighted by Gasteiger charge is 2.34. The van der Waals surface area contributed by atoms with E-state index in [0.29, 0.717) is 71.6 Å². The first-order valence-corrected chi connectivity index (χ1v) is 28.8. The number of ether oxygens (including phenoxy) is 3. The van der Waals surface area contributed by atoms with Gasteiger partial charge >= 0.3 is 0 Å². The number of ketones is 1. The zero-order valence-corrected chi connectivity index (χ0v) is 47.8. The zero-order chi connectivity index (χ0) is 58.6. The van der Waals surface area contributed by atoms with E-state index in [-0.39, 0.29) is 145 Å². The summed E-state index contributed by atoms with van der Waals surface area (Å²) in [4.78, 5) is 94.5. The smallest absolute Gasteiger partial charge is 0.251 e. The number of benzene rings is 3. The lowest BCUT2D eigenvalue weighted by molar-refractivity contribution is -0.195. The first-order chi connectivity index (χ1) is 38.3. The zero-order valence-electron chi connectivity index (χ0n) is 45.3. The molecule has 0 saturated heterocycles. The Balaban J connectivity index is 1.54. The van der Waals surface area contributed by atoms with Crippen molar-refractivity contribution in [3.63, 3.8) is 0 Å². The summed E-state index contributed by atoms with van der Waals surface area (Å²) in [6.45, 7) is 6.86. The molecule has 0 aliphatic rings. The van der Waals surface area contributed by atoms with Crippen LogP contribution in [0.1, 0.15) is 122 Å². The Hall–Kier alpha value is -5.92. The molecule has 0 spiro atoms. The largest absolute Gasteiger partial charge is 0.755 e. The third-order valence-corrected chi connectivity index (χ3v) is 12.8. The third-order valence-electron chi connectivity index (χ3n) is 11.4. The van der Waals surface area contributed by atoms with Gasteiger partial charge in [-0.25, -0.2) is 0 Å². The van der Waals surface area contributed by atoms with E-state index < -0.39 is 28.1 Å². The molecule has 25 nitrogen and oxygen atoms in total. The summed E-state index contributed by atoms with van der Waals surface area (Å²) in [5.74, 6) is 2.80. The third kappa shape index (κ3) is 31.2. The minimum atomic E-state index is -2.50. The predicted molar refractivity (Wildman–Crippen MR) is 298 cm³/mol. The molecule has 0 aliphatic heterocycles. The van der Waals surface area contributed by atoms with E-state index in [2.05, 4.69) is 71.4 Å². The van der Waals surface area contributed by atoms with Crippen LogP contribution in [0.25, 0.3) is 0 Å². The maximum atomic E-state index is 13.6. The standard InChI is InChI=1S/C52H77N9O16S3/c1-51(2,3)26-6-10-48(66)59-52(35-73-32-23-45(63)54-27-5-4-9-44(62)38-15-21-43(22-16-38)78-77-76-53,36-74-33-24-46(64)55-28-7-30-57-49(67)39-11-17-41(18-12-39)60-79(69)70)37-75-34-25-47(65)56-29-8-31-58-50(68)40-13-19-42(20-14-40)61-80(71)72/h11-22,60-61H,4-10,23-37,53H2,1-3H3,(H,54,63)(H,55,64)(H,56,65)(H,57,67)(H,58,68)(H,59,66)(H,69,70)(H,71,72)/p-2. The molecule has 6 amide bonds. The Labute approximate surface area is 476 Å². The quantitative estimate of drug-likeness (QED) is 0.00977. The minimum Gasteiger partial charge on any atom is -0.755 e. The molecule has 10 N–H and O–H groups in total. The molecule has 28 heteroatoms. The number of unbranched alkanes of at least 4 members (excludes halogenated alkanes) is 1. The van der Waals surface area contributed by atoms with Crippen molar-refractivity contribution in [2.24, 2.45) is 11.3 Å². The molecule has 0 bridgehead atoms. The SMILES string of the molecule is CC(C)(C)CCCC(=O)NC(COCCC(=O)NCCCCC(=O)c1ccc(SOON)cc1)(COCCC(=O)NCCCNC(=O)c1ccc(NS(=O)[O-])cc1)COCCC(=O)NCCCNC(=O)c1ccc(NS(=O)[O-])cc1. The molecule has 3 aromatic rings. The van der Waals surface area contributed by atoms with Crippen molar-refractivity contribution >= 4 is 87.2 Å². The highest BCUT2D eigenvalue weighted by atomic mass is 32.2. The fourth-order valence-corrected chi connectivity index (χ4v) is 8.31. The monoisotopic (exact) mass is 1180 g/mol. The van der Waals surface area contributed by atoms with Crippen molar-refractivity contribution in [2.75, 3.05) is 81.8 Å². The fraction of sp³-hybridized carbons (Fsp3) is 0.519. The molecule has 2 atom stereocenters. The van der Waals surface area contributed by atoms with E-state index in [1.807, 2.05) is 0 Å². The summed E-state index contributed by atoms with van der Waals surface area (Å²) in [5.41, 5.74) is 0.444. The number of carbonyl (C=O) groups excluding carboxylic acids is 7. The van der Waals surface area contributed by atoms with E-state index in [1.165, 1.54) is 48.5 Å². The van der Waals surface area contributed by atoms with Crippen LogP contribution in [-0.4, -0.2) is 137 Å². The maximum Gasteiger partial charge on any atom is 0.251 e. The Bertz CT molecular complexity index is 2330. The van der Waals surface area contributed by atoms with Crippen molar-refractivity contribution in [2.45, 2.75) is 102 Å². The van der Waals surface area contributed by atoms with Gasteiger partial charge in [0.05, 0.1) is 51.7 Å². The van der Waals surface area contributed by atoms with Crippen molar-refractivity contribution < 1.29 is 74.6 Å². The van der Waals surface area contributed by atoms with Gasteiger partial charge in [0.25, 0.3) is 11.8 Å². The van der Waals surface area contributed by atoms with Crippen molar-refractivity contribution in [1.29, 1.82) is 0 Å². The molecular formula is C52H75N9O16S3-2. The lowest BCUT2D eigenvalue weighted by Crippen LogP contribution is -2.58. The molecule has 0 heterocycles. The number of carbonyl (C=O) groups is 7. The number of nitrogens with one attached hydrogen (secondary N) is 8. The van der Waals surface area contributed by atoms with Gasteiger partial charge in [0, 0.05) is 120 Å². The highest BCUT2D eigenvalue weighted by molar-refractivity contribution is 7.94. The second-order valence-corrected chi connectivity index (χ2v) is 21.5. The Kier molecular flexibility index (Phi) is 33.0. The Morgan fingerprint density at radius 1 is 0.512 bits per heavy atom. The van der Waals surface area contributed by atoms with Gasteiger partial charge in [-0.05, 0) is 105 Å². The van der Waals surface area contributed by atoms with Gasteiger partial charge in [-0.1, -0.05) is 32.9 Å². The van der Waals surface area contributed by atoms with E-state index in [1.54, 1.807) is 24.3 Å². The number of anilines is 2. The summed E-state index contributed by atoms with van der Waals surface area (Å²) in [6, 6.07) is 18.5. The van der Waals surface area contributed by atoms with Crippen LogP contribution in [0.2, 0.25) is 0 Å². The normalized spacial score (nSPS) is 12.7. The Morgan fingerprint density at radius 3 is 1.34 bits per heavy atom. The van der Waals surface area contributed by atoms with Crippen LogP contribution in [0.3, 0.4) is 0 Å². The van der Waals surface area contributed by atoms with Crippen LogP contribution in [0, 0.1) is 5.41 Å². The van der Waals surface area contributed by atoms with Gasteiger partial charge in [-0.15, -0.1) is 9.32 Å². The van der Waals surface area contributed by atoms with Crippen molar-refractivity contribution in [3.8, 4) is 0 Å². The molecule has 444 valence electrons. The van der Waals surface area contributed by atoms with Crippen LogP contribution in [-0.2, 0) is 65.2 Å².